The number of hydrogen-bond donors (Lipinski definition) is 0. The van der Waals surface area contributed by atoms with Crippen LogP contribution < -0.4 is 0 Å². The fourth-order valence-electron chi connectivity index (χ4n) is 4.82. The number of imidazole rings is 1. The molecule has 1 aromatic carbocycles. The van der Waals surface area contributed by atoms with Gasteiger partial charge in [0.1, 0.15) is 11.9 Å². The highest BCUT2D eigenvalue weighted by molar-refractivity contribution is 5.57. The van der Waals surface area contributed by atoms with Gasteiger partial charge in [0, 0.05) is 44.8 Å². The van der Waals surface area contributed by atoms with Crippen molar-refractivity contribution in [2.45, 2.75) is 44.7 Å². The molecular weight excluding hydrogens is 334 g/mol. The predicted octanol–water partition coefficient (Wildman–Crippen LogP) is 3.52. The van der Waals surface area contributed by atoms with Crippen molar-refractivity contribution in [1.29, 1.82) is 5.26 Å². The van der Waals surface area contributed by atoms with Gasteiger partial charge in [0.25, 0.3) is 0 Å². The van der Waals surface area contributed by atoms with Crippen LogP contribution in [0.2, 0.25) is 0 Å². The Hall–Kier alpha value is -2.16. The van der Waals surface area contributed by atoms with E-state index < -0.39 is 0 Å². The van der Waals surface area contributed by atoms with Crippen molar-refractivity contribution < 1.29 is 0 Å². The van der Waals surface area contributed by atoms with Gasteiger partial charge in [0.2, 0.25) is 0 Å². The summed E-state index contributed by atoms with van der Waals surface area (Å²) in [5.41, 5.74) is 3.09. The lowest BCUT2D eigenvalue weighted by Crippen LogP contribution is -2.50. The third-order valence-corrected chi connectivity index (χ3v) is 6.29. The number of nitriles is 1. The molecule has 0 amide bonds. The fraction of sp³-hybridized carbons (Fsp3) is 0.545. The molecule has 0 radical (unpaired) electrons. The number of hydrogen-bond acceptors (Lipinski definition) is 4. The van der Waals surface area contributed by atoms with Gasteiger partial charge in [0.05, 0.1) is 17.5 Å². The Morgan fingerprint density at radius 3 is 2.37 bits per heavy atom. The van der Waals surface area contributed by atoms with Crippen molar-refractivity contribution in [2.24, 2.45) is 7.05 Å². The Bertz CT molecular complexity index is 805. The smallest absolute Gasteiger partial charge is 0.140 e. The number of piperazine rings is 1. The first-order chi connectivity index (χ1) is 13.2. The van der Waals surface area contributed by atoms with Gasteiger partial charge in [-0.1, -0.05) is 43.2 Å². The maximum Gasteiger partial charge on any atom is 0.140 e. The van der Waals surface area contributed by atoms with Crippen molar-refractivity contribution in [1.82, 2.24) is 19.4 Å². The second-order valence-corrected chi connectivity index (χ2v) is 7.87. The summed E-state index contributed by atoms with van der Waals surface area (Å²) < 4.78 is 2.11. The Labute approximate surface area is 162 Å². The van der Waals surface area contributed by atoms with Crippen LogP contribution in [0.1, 0.15) is 43.1 Å². The van der Waals surface area contributed by atoms with E-state index in [1.807, 2.05) is 32.2 Å². The number of rotatable bonds is 4. The number of aryl methyl sites for hydroxylation is 1. The van der Waals surface area contributed by atoms with Crippen molar-refractivity contribution in [2.75, 3.05) is 26.2 Å². The molecule has 5 heteroatoms. The van der Waals surface area contributed by atoms with Gasteiger partial charge in [-0.05, 0) is 19.8 Å². The fourth-order valence-corrected chi connectivity index (χ4v) is 4.82. The SMILES string of the molecule is Cc1nc(-c2ccccc2)n(C)c1C(C#N)N1CCN(C2CCCC2)CC1. The highest BCUT2D eigenvalue weighted by Crippen LogP contribution is 2.30. The van der Waals surface area contributed by atoms with Crippen LogP contribution in [0.4, 0.5) is 0 Å². The summed E-state index contributed by atoms with van der Waals surface area (Å²) in [7, 11) is 2.04. The quantitative estimate of drug-likeness (QED) is 0.834. The lowest BCUT2D eigenvalue weighted by atomic mass is 10.1. The molecule has 1 saturated carbocycles. The molecule has 5 nitrogen and oxygen atoms in total. The van der Waals surface area contributed by atoms with Gasteiger partial charge in [0.15, 0.2) is 0 Å². The van der Waals surface area contributed by atoms with Crippen molar-refractivity contribution in [3.8, 4) is 17.5 Å². The maximum atomic E-state index is 9.99. The molecule has 1 saturated heterocycles. The molecule has 1 atom stereocenters. The lowest BCUT2D eigenvalue weighted by molar-refractivity contribution is 0.0822. The Balaban J connectivity index is 1.53. The topological polar surface area (TPSA) is 48.1 Å². The normalized spacial score (nSPS) is 20.6. The molecule has 2 aromatic rings. The Kier molecular flexibility index (Phi) is 5.29. The lowest BCUT2D eigenvalue weighted by Gasteiger charge is -2.39. The van der Waals surface area contributed by atoms with Crippen LogP contribution in [-0.4, -0.2) is 51.6 Å². The first-order valence-electron chi connectivity index (χ1n) is 10.2. The largest absolute Gasteiger partial charge is 0.329 e. The van der Waals surface area contributed by atoms with Gasteiger partial charge < -0.3 is 4.57 Å². The van der Waals surface area contributed by atoms with Crippen molar-refractivity contribution in [3.63, 3.8) is 0 Å². The van der Waals surface area contributed by atoms with Gasteiger partial charge in [-0.15, -0.1) is 0 Å². The van der Waals surface area contributed by atoms with Crippen LogP contribution in [-0.2, 0) is 7.05 Å². The zero-order chi connectivity index (χ0) is 18.8. The van der Waals surface area contributed by atoms with Crippen molar-refractivity contribution >= 4 is 0 Å². The molecule has 1 aliphatic heterocycles. The molecule has 0 N–H and O–H groups in total. The third-order valence-electron chi connectivity index (χ3n) is 6.29. The minimum atomic E-state index is -0.231. The Morgan fingerprint density at radius 1 is 1.07 bits per heavy atom. The second kappa shape index (κ2) is 7.84. The zero-order valence-electron chi connectivity index (χ0n) is 16.4. The van der Waals surface area contributed by atoms with Crippen LogP contribution in [0.3, 0.4) is 0 Å². The van der Waals surface area contributed by atoms with Crippen LogP contribution in [0.5, 0.6) is 0 Å². The minimum Gasteiger partial charge on any atom is -0.329 e. The maximum absolute atomic E-state index is 9.99. The van der Waals surface area contributed by atoms with E-state index in [-0.39, 0.29) is 6.04 Å². The van der Waals surface area contributed by atoms with E-state index in [1.54, 1.807) is 0 Å². The summed E-state index contributed by atoms with van der Waals surface area (Å²) >= 11 is 0. The molecule has 1 aromatic heterocycles. The first kappa shape index (κ1) is 18.2. The molecule has 27 heavy (non-hydrogen) atoms. The predicted molar refractivity (Wildman–Crippen MR) is 107 cm³/mol. The molecule has 2 aliphatic rings. The molecule has 0 spiro atoms. The highest BCUT2D eigenvalue weighted by atomic mass is 15.3. The Morgan fingerprint density at radius 2 is 1.74 bits per heavy atom. The van der Waals surface area contributed by atoms with Crippen LogP contribution in [0.25, 0.3) is 11.4 Å². The van der Waals surface area contributed by atoms with E-state index in [0.717, 1.165) is 55.0 Å². The molecule has 0 bridgehead atoms. The van der Waals surface area contributed by atoms with E-state index in [0.29, 0.717) is 0 Å². The van der Waals surface area contributed by atoms with E-state index >= 15 is 0 Å². The zero-order valence-corrected chi connectivity index (χ0v) is 16.4. The average molecular weight is 364 g/mol. The monoisotopic (exact) mass is 363 g/mol. The second-order valence-electron chi connectivity index (χ2n) is 7.87. The summed E-state index contributed by atoms with van der Waals surface area (Å²) in [6.45, 7) is 6.09. The minimum absolute atomic E-state index is 0.231. The third kappa shape index (κ3) is 3.52. The number of nitrogens with zero attached hydrogens (tertiary/aromatic N) is 5. The van der Waals surface area contributed by atoms with E-state index in [2.05, 4.69) is 32.6 Å². The number of aromatic nitrogens is 2. The van der Waals surface area contributed by atoms with Crippen LogP contribution in [0, 0.1) is 18.3 Å². The van der Waals surface area contributed by atoms with Crippen LogP contribution in [0.15, 0.2) is 30.3 Å². The van der Waals surface area contributed by atoms with Gasteiger partial charge in [-0.2, -0.15) is 5.26 Å². The molecule has 1 aliphatic carbocycles. The summed E-state index contributed by atoms with van der Waals surface area (Å²) in [5.74, 6) is 0.938. The summed E-state index contributed by atoms with van der Waals surface area (Å²) in [6.07, 6.45) is 5.45. The first-order valence-corrected chi connectivity index (χ1v) is 10.2. The molecule has 1 unspecified atom stereocenters. The van der Waals surface area contributed by atoms with E-state index in [9.17, 15) is 5.26 Å². The van der Waals surface area contributed by atoms with E-state index in [1.165, 1.54) is 25.7 Å². The van der Waals surface area contributed by atoms with Crippen molar-refractivity contribution in [3.05, 3.63) is 41.7 Å². The van der Waals surface area contributed by atoms with Gasteiger partial charge >= 0.3 is 0 Å². The standard InChI is InChI=1S/C22H29N5/c1-17-21(25(2)22(24-17)18-8-4-3-5-9-18)20(16-23)27-14-12-26(13-15-27)19-10-6-7-11-19/h3-5,8-9,19-20H,6-7,10-15H2,1-2H3. The summed E-state index contributed by atoms with van der Waals surface area (Å²) in [5, 5.41) is 9.99. The number of benzene rings is 1. The molecule has 2 fully saturated rings. The average Bonchev–Trinajstić information content (AvgIpc) is 3.34. The summed E-state index contributed by atoms with van der Waals surface area (Å²) in [4.78, 5) is 9.78. The molecule has 142 valence electrons. The molecule has 4 rings (SSSR count). The summed E-state index contributed by atoms with van der Waals surface area (Å²) in [6, 6.07) is 13.3. The molecule has 2 heterocycles. The van der Waals surface area contributed by atoms with Gasteiger partial charge in [-0.3, -0.25) is 9.80 Å². The van der Waals surface area contributed by atoms with Crippen LogP contribution >= 0.6 is 0 Å². The van der Waals surface area contributed by atoms with Gasteiger partial charge in [-0.25, -0.2) is 4.98 Å². The van der Waals surface area contributed by atoms with E-state index in [4.69, 9.17) is 4.98 Å². The molecular formula is C22H29N5. The highest BCUT2D eigenvalue weighted by Gasteiger charge is 2.32.